The first-order chi connectivity index (χ1) is 23.3. The summed E-state index contributed by atoms with van der Waals surface area (Å²) in [5.41, 5.74) is -0.871. The number of methoxy groups -OCH3 is 1. The van der Waals surface area contributed by atoms with Gasteiger partial charge in [0, 0.05) is 17.9 Å². The molecule has 2 amide bonds. The van der Waals surface area contributed by atoms with E-state index in [2.05, 4.69) is 30.7 Å². The number of fused-ring (bicyclic) bond motifs is 1. The number of allylic oxidation sites excluding steroid dienone is 2. The molecule has 4 aliphatic rings. The zero-order valence-corrected chi connectivity index (χ0v) is 32.2. The fraction of sp³-hybridized carbons (Fsp3) is 0.711. The number of halogens is 1. The third-order valence-corrected chi connectivity index (χ3v) is 9.68. The summed E-state index contributed by atoms with van der Waals surface area (Å²) < 4.78 is 23.7. The first-order valence-electron chi connectivity index (χ1n) is 17.9. The maximum Gasteiger partial charge on any atom is 0.408 e. The summed E-state index contributed by atoms with van der Waals surface area (Å²) in [6, 6.07) is -2.27. The number of ether oxygens (including phenoxy) is 4. The standard InChI is InChI=1S/C38H57ClN4O7/c1-12-13-14-15-23-18-27(23)49-36(46)42-31(37(5,6)7)34(44)43-20-28(25(16-21(2)3)30(43)35(45)50-38(8,9)10)48-33-32(39)41-29-22(4)17-24(47-11)19-26(29)40-33/h12,17,19,21-23,25,27-31H,1,13-16,18,20H2,2-11H3,(H,42,46)/t22?,23-,25-,27-,28+,29?,30+,31-/m1/s1. The number of hydrogen-bond donors (Lipinski definition) is 1. The van der Waals surface area contributed by atoms with Crippen molar-refractivity contribution < 1.29 is 33.3 Å². The monoisotopic (exact) mass is 716 g/mol. The molecule has 1 saturated carbocycles. The van der Waals surface area contributed by atoms with Gasteiger partial charge in [0.1, 0.15) is 41.7 Å². The van der Waals surface area contributed by atoms with Crippen LogP contribution >= 0.6 is 11.6 Å². The topological polar surface area (TPSA) is 128 Å². The quantitative estimate of drug-likeness (QED) is 0.131. The Balaban J connectivity index is 1.63. The van der Waals surface area contributed by atoms with E-state index >= 15 is 0 Å². The summed E-state index contributed by atoms with van der Waals surface area (Å²) >= 11 is 6.69. The van der Waals surface area contributed by atoms with E-state index in [1.807, 2.05) is 45.9 Å². The van der Waals surface area contributed by atoms with E-state index < -0.39 is 53.1 Å². The maximum absolute atomic E-state index is 14.6. The highest BCUT2D eigenvalue weighted by molar-refractivity contribution is 6.83. The van der Waals surface area contributed by atoms with Crippen LogP contribution < -0.4 is 5.32 Å². The number of carbonyl (C=O) groups is 3. The molecule has 0 bridgehead atoms. The van der Waals surface area contributed by atoms with Crippen LogP contribution in [-0.4, -0.2) is 83.5 Å². The average molecular weight is 717 g/mol. The van der Waals surface area contributed by atoms with Gasteiger partial charge in [0.05, 0.1) is 19.4 Å². The first-order valence-corrected chi connectivity index (χ1v) is 18.3. The number of carbonyl (C=O) groups excluding carboxylic acids is 3. The SMILES string of the molecule is C=CCCC[C@@H]1C[C@H]1OC(=O)N[C@H](C(=O)N1C[C@H](OC2=NC3=CC(OC)=CC(C)C3N=C2Cl)[C@@H](CC(C)C)[C@H]1C(=O)OC(C)(C)C)C(C)(C)C. The van der Waals surface area contributed by atoms with Gasteiger partial charge >= 0.3 is 12.1 Å². The van der Waals surface area contributed by atoms with Crippen molar-refractivity contribution in [2.24, 2.45) is 39.1 Å². The lowest BCUT2D eigenvalue weighted by Crippen LogP contribution is -2.58. The van der Waals surface area contributed by atoms with Crippen LogP contribution in [0.15, 0.2) is 46.2 Å². The Hall–Kier alpha value is -3.34. The smallest absolute Gasteiger partial charge is 0.408 e. The van der Waals surface area contributed by atoms with E-state index in [1.54, 1.807) is 27.9 Å². The molecule has 2 fully saturated rings. The molecule has 2 unspecified atom stereocenters. The third kappa shape index (κ3) is 9.92. The lowest BCUT2D eigenvalue weighted by atomic mass is 9.85. The number of nitrogens with one attached hydrogen (secondary N) is 1. The number of esters is 1. The van der Waals surface area contributed by atoms with Gasteiger partial charge in [0.15, 0.2) is 5.17 Å². The first kappa shape index (κ1) is 39.4. The average Bonchev–Trinajstić information content (AvgIpc) is 3.63. The lowest BCUT2D eigenvalue weighted by Gasteiger charge is -2.36. The van der Waals surface area contributed by atoms with Gasteiger partial charge in [0.25, 0.3) is 5.90 Å². The molecule has 0 aromatic carbocycles. The Morgan fingerprint density at radius 1 is 1.16 bits per heavy atom. The molecule has 4 rings (SSSR count). The number of hydrogen-bond acceptors (Lipinski definition) is 9. The molecular weight excluding hydrogens is 660 g/mol. The Labute approximate surface area is 302 Å². The molecule has 0 spiro atoms. The van der Waals surface area contributed by atoms with E-state index in [1.165, 1.54) is 4.90 Å². The molecule has 2 aliphatic carbocycles. The van der Waals surface area contributed by atoms with Crippen molar-refractivity contribution in [1.82, 2.24) is 10.2 Å². The number of likely N-dealkylation sites (tertiary alicyclic amines) is 1. The van der Waals surface area contributed by atoms with Gasteiger partial charge in [-0.3, -0.25) is 9.79 Å². The summed E-state index contributed by atoms with van der Waals surface area (Å²) in [5, 5.41) is 2.97. The van der Waals surface area contributed by atoms with Crippen LogP contribution in [0.4, 0.5) is 4.79 Å². The van der Waals surface area contributed by atoms with Crippen molar-refractivity contribution in [3.05, 3.63) is 36.3 Å². The molecule has 0 aromatic heterocycles. The minimum atomic E-state index is -0.998. The van der Waals surface area contributed by atoms with Crippen molar-refractivity contribution >= 4 is 40.6 Å². The molecule has 12 heteroatoms. The van der Waals surface area contributed by atoms with E-state index in [0.29, 0.717) is 23.8 Å². The molecule has 0 aromatic rings. The number of unbranched alkanes of at least 4 members (excludes halogenated alkanes) is 1. The highest BCUT2D eigenvalue weighted by atomic mass is 35.5. The number of alkyl carbamates (subject to hydrolysis) is 1. The van der Waals surface area contributed by atoms with Crippen LogP contribution in [-0.2, 0) is 28.5 Å². The Bertz CT molecular complexity index is 1420. The molecule has 1 N–H and O–H groups in total. The number of amides is 2. The molecule has 278 valence electrons. The Kier molecular flexibility index (Phi) is 12.6. The van der Waals surface area contributed by atoms with Gasteiger partial charge in [-0.1, -0.05) is 59.2 Å². The zero-order chi connectivity index (χ0) is 37.1. The van der Waals surface area contributed by atoms with E-state index in [4.69, 9.17) is 35.5 Å². The highest BCUT2D eigenvalue weighted by Crippen LogP contribution is 2.40. The van der Waals surface area contributed by atoms with E-state index in [9.17, 15) is 14.4 Å². The summed E-state index contributed by atoms with van der Waals surface area (Å²) in [6.07, 6.45) is 8.38. The van der Waals surface area contributed by atoms with Crippen molar-refractivity contribution in [1.29, 1.82) is 0 Å². The molecular formula is C38H57ClN4O7. The zero-order valence-electron chi connectivity index (χ0n) is 31.5. The third-order valence-electron chi connectivity index (χ3n) is 9.42. The van der Waals surface area contributed by atoms with Crippen molar-refractivity contribution in [3.8, 4) is 0 Å². The second kappa shape index (κ2) is 15.9. The van der Waals surface area contributed by atoms with E-state index in [-0.39, 0.29) is 41.6 Å². The van der Waals surface area contributed by atoms with E-state index in [0.717, 1.165) is 25.7 Å². The summed E-state index contributed by atoms with van der Waals surface area (Å²) in [5.74, 6) is -0.176. The molecule has 2 heterocycles. The van der Waals surface area contributed by atoms with Crippen molar-refractivity contribution in [2.75, 3.05) is 13.7 Å². The van der Waals surface area contributed by atoms with Crippen LogP contribution in [0.3, 0.4) is 0 Å². The Morgan fingerprint density at radius 2 is 1.86 bits per heavy atom. The van der Waals surface area contributed by atoms with Crippen LogP contribution in [0.25, 0.3) is 0 Å². The van der Waals surface area contributed by atoms with Gasteiger partial charge in [0.2, 0.25) is 5.91 Å². The van der Waals surface area contributed by atoms with Crippen LogP contribution in [0.2, 0.25) is 0 Å². The lowest BCUT2D eigenvalue weighted by molar-refractivity contribution is -0.165. The molecule has 50 heavy (non-hydrogen) atoms. The molecule has 2 aliphatic heterocycles. The van der Waals surface area contributed by atoms with Gasteiger partial charge in [-0.25, -0.2) is 14.6 Å². The van der Waals surface area contributed by atoms with Gasteiger partial charge in [-0.05, 0) is 76.2 Å². The second-order valence-electron chi connectivity index (χ2n) is 16.5. The van der Waals surface area contributed by atoms with Crippen LogP contribution in [0.5, 0.6) is 0 Å². The highest BCUT2D eigenvalue weighted by Gasteiger charge is 2.53. The van der Waals surface area contributed by atoms with Gasteiger partial charge in [-0.15, -0.1) is 6.58 Å². The van der Waals surface area contributed by atoms with Gasteiger partial charge < -0.3 is 29.2 Å². The molecule has 8 atom stereocenters. The summed E-state index contributed by atoms with van der Waals surface area (Å²) in [7, 11) is 1.60. The van der Waals surface area contributed by atoms with Crippen molar-refractivity contribution in [3.63, 3.8) is 0 Å². The molecule has 0 radical (unpaired) electrons. The largest absolute Gasteiger partial charge is 0.497 e. The normalized spacial score (nSPS) is 28.3. The van der Waals surface area contributed by atoms with Crippen molar-refractivity contribution in [2.45, 2.75) is 130 Å². The molecule has 11 nitrogen and oxygen atoms in total. The predicted octanol–water partition coefficient (Wildman–Crippen LogP) is 6.95. The maximum atomic E-state index is 14.6. The molecule has 1 saturated heterocycles. The fourth-order valence-electron chi connectivity index (χ4n) is 6.88. The Morgan fingerprint density at radius 3 is 2.46 bits per heavy atom. The minimum absolute atomic E-state index is 0.00501. The number of nitrogens with zero attached hydrogens (tertiary/aromatic N) is 3. The summed E-state index contributed by atoms with van der Waals surface area (Å²) in [4.78, 5) is 52.9. The number of rotatable bonds is 12. The number of aliphatic imine (C=N–C) groups is 2. The fourth-order valence-corrected chi connectivity index (χ4v) is 7.07. The van der Waals surface area contributed by atoms with Gasteiger partial charge in [-0.2, -0.15) is 0 Å². The van der Waals surface area contributed by atoms with Crippen LogP contribution in [0, 0.1) is 29.1 Å². The van der Waals surface area contributed by atoms with Crippen LogP contribution in [0.1, 0.15) is 94.4 Å². The summed E-state index contributed by atoms with van der Waals surface area (Å²) in [6.45, 7) is 20.9. The minimum Gasteiger partial charge on any atom is -0.497 e. The second-order valence-corrected chi connectivity index (χ2v) is 16.9. The predicted molar refractivity (Wildman–Crippen MR) is 195 cm³/mol.